The van der Waals surface area contributed by atoms with Gasteiger partial charge in [0.25, 0.3) is 0 Å². The molecule has 1 aliphatic carbocycles. The van der Waals surface area contributed by atoms with Crippen molar-refractivity contribution in [3.05, 3.63) is 0 Å². The molecule has 1 saturated carbocycles. The van der Waals surface area contributed by atoms with Crippen LogP contribution >= 0.6 is 69.6 Å². The maximum atomic E-state index is 5.88. The molecule has 0 N–H and O–H groups in total. The molecule has 0 amide bonds. The quantitative estimate of drug-likeness (QED) is 0.405. The van der Waals surface area contributed by atoms with E-state index in [0.29, 0.717) is 0 Å². The normalized spacial score (nSPS) is 47.6. The van der Waals surface area contributed by atoms with Crippen LogP contribution in [0.3, 0.4) is 0 Å². The number of hydrogen-bond donors (Lipinski definition) is 0. The molecule has 0 saturated heterocycles. The molecule has 88 valence electrons. The molecule has 1 fully saturated rings. The van der Waals surface area contributed by atoms with Gasteiger partial charge in [-0.1, -0.05) is 0 Å². The molecule has 8 heteroatoms. The molecule has 0 atom stereocenters. The molecule has 14 heavy (non-hydrogen) atoms. The van der Waals surface area contributed by atoms with Gasteiger partial charge in [0, 0.05) is 0 Å². The number of alkyl halides is 6. The molecule has 0 aromatic rings. The zero-order chi connectivity index (χ0) is 9.46. The fourth-order valence-electron chi connectivity index (χ4n) is 1.05. The van der Waals surface area contributed by atoms with Crippen LogP contribution in [0.5, 0.6) is 0 Å². The van der Waals surface area contributed by atoms with Gasteiger partial charge < -0.3 is 0 Å². The Balaban J connectivity index is 0. The first-order valence-electron chi connectivity index (χ1n) is 3.31. The SMILES string of the molecule is ClC1C(Cl)C(Cl)C(Cl)C(Cl)C1Cl.F.[SbH3]. The van der Waals surface area contributed by atoms with Crippen LogP contribution < -0.4 is 0 Å². The Morgan fingerprint density at radius 2 is 0.500 bits per heavy atom. The Labute approximate surface area is 130 Å². The summed E-state index contributed by atoms with van der Waals surface area (Å²) in [5.41, 5.74) is 0. The number of halogens is 7. The van der Waals surface area contributed by atoms with Gasteiger partial charge >= 0.3 is 24.4 Å². The van der Waals surface area contributed by atoms with Gasteiger partial charge in [0.05, 0.1) is 32.3 Å². The summed E-state index contributed by atoms with van der Waals surface area (Å²) in [5, 5.41) is -2.62. The van der Waals surface area contributed by atoms with Crippen molar-refractivity contribution in [2.24, 2.45) is 0 Å². The van der Waals surface area contributed by atoms with Gasteiger partial charge in [-0.25, -0.2) is 0 Å². The molecule has 1 aliphatic rings. The molecule has 0 heterocycles. The topological polar surface area (TPSA) is 0 Å². The van der Waals surface area contributed by atoms with Gasteiger partial charge in [0.2, 0.25) is 0 Å². The van der Waals surface area contributed by atoms with Gasteiger partial charge in [0.15, 0.2) is 0 Å². The van der Waals surface area contributed by atoms with Crippen molar-refractivity contribution in [2.75, 3.05) is 0 Å². The maximum absolute atomic E-state index is 5.88. The summed E-state index contributed by atoms with van der Waals surface area (Å²) < 4.78 is 0. The van der Waals surface area contributed by atoms with Crippen LogP contribution in [0.2, 0.25) is 0 Å². The first-order chi connectivity index (χ1) is 5.46. The Kier molecular flexibility index (Phi) is 10.4. The summed E-state index contributed by atoms with van der Waals surface area (Å²) >= 11 is 35.3. The third-order valence-electron chi connectivity index (χ3n) is 1.83. The van der Waals surface area contributed by atoms with E-state index >= 15 is 0 Å². The van der Waals surface area contributed by atoms with Crippen molar-refractivity contribution in [1.29, 1.82) is 0 Å². The van der Waals surface area contributed by atoms with Crippen LogP contribution in [0.25, 0.3) is 0 Å². The molecule has 0 aliphatic heterocycles. The second-order valence-electron chi connectivity index (χ2n) is 2.67. The van der Waals surface area contributed by atoms with Crippen LogP contribution in [0.15, 0.2) is 0 Å². The standard InChI is InChI=1S/C6H6Cl6.FH.Sb.3H/c7-1-2(8)4(10)6(12)5(11)3(1)9;;;;;/h1-6H;1H;;;;. The van der Waals surface area contributed by atoms with Gasteiger partial charge in [-0.15, -0.1) is 69.6 Å². The van der Waals surface area contributed by atoms with Gasteiger partial charge in [-0.2, -0.15) is 0 Å². The summed E-state index contributed by atoms with van der Waals surface area (Å²) in [6.45, 7) is 0. The molecule has 0 aromatic carbocycles. The summed E-state index contributed by atoms with van der Waals surface area (Å²) in [6.07, 6.45) is 0. The Morgan fingerprint density at radius 1 is 0.429 bits per heavy atom. The van der Waals surface area contributed by atoms with E-state index < -0.39 is 32.3 Å². The van der Waals surface area contributed by atoms with E-state index in [1.54, 1.807) is 0 Å². The van der Waals surface area contributed by atoms with Crippen LogP contribution in [-0.4, -0.2) is 56.7 Å². The molecular weight excluding hydrogens is 426 g/mol. The van der Waals surface area contributed by atoms with Crippen LogP contribution in [0, 0.1) is 0 Å². The first kappa shape index (κ1) is 18.8. The molecule has 1 rings (SSSR count). The molecule has 0 nitrogen and oxygen atoms in total. The molecule has 0 bridgehead atoms. The summed E-state index contributed by atoms with van der Waals surface area (Å²) in [4.78, 5) is 0. The van der Waals surface area contributed by atoms with Crippen molar-refractivity contribution < 1.29 is 4.70 Å². The third-order valence-corrected chi connectivity index (χ3v) is 5.86. The number of rotatable bonds is 0. The fourth-order valence-corrected chi connectivity index (χ4v) is 3.38. The molecule has 0 aromatic heterocycles. The summed E-state index contributed by atoms with van der Waals surface area (Å²) in [5.74, 6) is 0. The van der Waals surface area contributed by atoms with E-state index in [0.717, 1.165) is 0 Å². The minimum absolute atomic E-state index is 0. The van der Waals surface area contributed by atoms with Crippen LogP contribution in [0.1, 0.15) is 0 Å². The average molecular weight is 436 g/mol. The van der Waals surface area contributed by atoms with Gasteiger partial charge in [-0.3, -0.25) is 4.70 Å². The zero-order valence-corrected chi connectivity index (χ0v) is 15.4. The number of hydrogen-bond acceptors (Lipinski definition) is 0. The van der Waals surface area contributed by atoms with Gasteiger partial charge in [0.1, 0.15) is 0 Å². The first-order valence-corrected chi connectivity index (χ1v) is 5.93. The predicted octanol–water partition coefficient (Wildman–Crippen LogP) is 2.61. The van der Waals surface area contributed by atoms with E-state index in [4.69, 9.17) is 69.6 Å². The molecule has 0 radical (unpaired) electrons. The van der Waals surface area contributed by atoms with E-state index in [9.17, 15) is 0 Å². The van der Waals surface area contributed by atoms with Gasteiger partial charge in [-0.05, 0) is 0 Å². The van der Waals surface area contributed by atoms with Crippen molar-refractivity contribution in [2.45, 2.75) is 32.3 Å². The Morgan fingerprint density at radius 3 is 0.571 bits per heavy atom. The second-order valence-corrected chi connectivity index (χ2v) is 5.69. The van der Waals surface area contributed by atoms with E-state index in [1.165, 1.54) is 0 Å². The van der Waals surface area contributed by atoms with Crippen LogP contribution in [-0.2, 0) is 0 Å². The Bertz CT molecular complexity index is 114. The monoisotopic (exact) mass is 432 g/mol. The molecule has 0 spiro atoms. The zero-order valence-electron chi connectivity index (χ0n) is 6.85. The van der Waals surface area contributed by atoms with Crippen molar-refractivity contribution in [3.8, 4) is 0 Å². The van der Waals surface area contributed by atoms with Crippen molar-refractivity contribution >= 4 is 94.0 Å². The molecule has 0 unspecified atom stereocenters. The average Bonchev–Trinajstić information content (AvgIpc) is 2.08. The van der Waals surface area contributed by atoms with Crippen LogP contribution in [0.4, 0.5) is 4.70 Å². The van der Waals surface area contributed by atoms with E-state index in [2.05, 4.69) is 0 Å². The van der Waals surface area contributed by atoms with Crippen molar-refractivity contribution in [3.63, 3.8) is 0 Å². The summed E-state index contributed by atoms with van der Waals surface area (Å²) in [7, 11) is 0. The van der Waals surface area contributed by atoms with Crippen molar-refractivity contribution in [1.82, 2.24) is 0 Å². The predicted molar refractivity (Wildman–Crippen MR) is 70.3 cm³/mol. The van der Waals surface area contributed by atoms with E-state index in [-0.39, 0.29) is 29.1 Å². The Hall–Kier alpha value is 2.49. The third kappa shape index (κ3) is 3.76. The van der Waals surface area contributed by atoms with E-state index in [1.807, 2.05) is 0 Å². The minimum atomic E-state index is -0.437. The summed E-state index contributed by atoms with van der Waals surface area (Å²) in [6, 6.07) is 0. The molecular formula is C6H10Cl6FSb. The fraction of sp³-hybridized carbons (Fsp3) is 1.00. The second kappa shape index (κ2) is 7.74.